The average molecular weight is 279 g/mol. The Morgan fingerprint density at radius 1 is 1.44 bits per heavy atom. The van der Waals surface area contributed by atoms with E-state index in [1.165, 1.54) is 0 Å². The molecule has 2 aromatic rings. The molecule has 0 N–H and O–H groups in total. The molecule has 82 valence electrons. The second-order valence-corrected chi connectivity index (χ2v) is 4.45. The first-order valence-corrected chi connectivity index (χ1v) is 5.72. The molecule has 0 saturated heterocycles. The van der Waals surface area contributed by atoms with E-state index in [0.717, 1.165) is 15.7 Å². The standard InChI is InChI=1S/C12H11BrN2O/c1-9-6-12(16)15(8-11(9)13)7-10-4-2-3-5-14-10/h2-6,8H,7H2,1H3. The first-order valence-electron chi connectivity index (χ1n) is 4.93. The van der Waals surface area contributed by atoms with Crippen LogP contribution in [0, 0.1) is 6.92 Å². The molecule has 0 unspecified atom stereocenters. The SMILES string of the molecule is Cc1cc(=O)n(Cc2ccccn2)cc1Br. The molecule has 4 heteroatoms. The lowest BCUT2D eigenvalue weighted by molar-refractivity contribution is 0.734. The molecule has 3 nitrogen and oxygen atoms in total. The van der Waals surface area contributed by atoms with E-state index in [1.807, 2.05) is 25.1 Å². The van der Waals surface area contributed by atoms with Gasteiger partial charge < -0.3 is 4.57 Å². The summed E-state index contributed by atoms with van der Waals surface area (Å²) >= 11 is 3.41. The van der Waals surface area contributed by atoms with Crippen molar-refractivity contribution in [3.8, 4) is 0 Å². The fraction of sp³-hybridized carbons (Fsp3) is 0.167. The van der Waals surface area contributed by atoms with Gasteiger partial charge in [-0.2, -0.15) is 0 Å². The molecule has 0 bridgehead atoms. The lowest BCUT2D eigenvalue weighted by Crippen LogP contribution is -2.20. The van der Waals surface area contributed by atoms with Crippen LogP contribution in [0.4, 0.5) is 0 Å². The largest absolute Gasteiger partial charge is 0.308 e. The molecular formula is C12H11BrN2O. The Labute approximate surface area is 102 Å². The zero-order valence-electron chi connectivity index (χ0n) is 8.85. The summed E-state index contributed by atoms with van der Waals surface area (Å²) in [5.41, 5.74) is 1.81. The van der Waals surface area contributed by atoms with Gasteiger partial charge >= 0.3 is 0 Å². The third-order valence-corrected chi connectivity index (χ3v) is 3.16. The van der Waals surface area contributed by atoms with Gasteiger partial charge in [0, 0.05) is 22.9 Å². The van der Waals surface area contributed by atoms with E-state index in [0.29, 0.717) is 6.54 Å². The van der Waals surface area contributed by atoms with Gasteiger partial charge in [-0.05, 0) is 40.5 Å². The van der Waals surface area contributed by atoms with Crippen LogP contribution < -0.4 is 5.56 Å². The normalized spacial score (nSPS) is 10.4. The van der Waals surface area contributed by atoms with Crippen molar-refractivity contribution in [1.82, 2.24) is 9.55 Å². The van der Waals surface area contributed by atoms with Crippen LogP contribution in [0.15, 0.2) is 45.9 Å². The van der Waals surface area contributed by atoms with E-state index < -0.39 is 0 Å². The minimum Gasteiger partial charge on any atom is -0.308 e. The molecule has 2 heterocycles. The Hall–Kier alpha value is -1.42. The van der Waals surface area contributed by atoms with Gasteiger partial charge in [0.1, 0.15) is 0 Å². The van der Waals surface area contributed by atoms with Crippen molar-refractivity contribution in [2.75, 3.05) is 0 Å². The predicted molar refractivity (Wildman–Crippen MR) is 66.5 cm³/mol. The first kappa shape index (κ1) is 11.1. The number of hydrogen-bond acceptors (Lipinski definition) is 2. The van der Waals surface area contributed by atoms with Crippen molar-refractivity contribution < 1.29 is 0 Å². The summed E-state index contributed by atoms with van der Waals surface area (Å²) in [5, 5.41) is 0. The number of halogens is 1. The van der Waals surface area contributed by atoms with Crippen LogP contribution in [0.1, 0.15) is 11.3 Å². The average Bonchev–Trinajstić information content (AvgIpc) is 2.27. The second kappa shape index (κ2) is 4.61. The van der Waals surface area contributed by atoms with Gasteiger partial charge in [-0.1, -0.05) is 6.07 Å². The zero-order valence-corrected chi connectivity index (χ0v) is 10.4. The lowest BCUT2D eigenvalue weighted by Gasteiger charge is -2.06. The molecule has 2 rings (SSSR count). The first-order chi connectivity index (χ1) is 7.66. The molecule has 0 aliphatic carbocycles. The fourth-order valence-corrected chi connectivity index (χ4v) is 1.79. The highest BCUT2D eigenvalue weighted by Crippen LogP contribution is 2.12. The van der Waals surface area contributed by atoms with Crippen LogP contribution >= 0.6 is 15.9 Å². The molecule has 0 aliphatic heterocycles. The minimum atomic E-state index is -0.00801. The van der Waals surface area contributed by atoms with Crippen LogP contribution in [0.5, 0.6) is 0 Å². The van der Waals surface area contributed by atoms with Crippen molar-refractivity contribution in [2.45, 2.75) is 13.5 Å². The monoisotopic (exact) mass is 278 g/mol. The van der Waals surface area contributed by atoms with Crippen LogP contribution in [-0.4, -0.2) is 9.55 Å². The number of rotatable bonds is 2. The molecule has 0 amide bonds. The Balaban J connectivity index is 2.36. The van der Waals surface area contributed by atoms with Gasteiger partial charge in [0.15, 0.2) is 0 Å². The number of aryl methyl sites for hydroxylation is 1. The summed E-state index contributed by atoms with van der Waals surface area (Å²) in [4.78, 5) is 15.9. The summed E-state index contributed by atoms with van der Waals surface area (Å²) in [6.45, 7) is 2.40. The Morgan fingerprint density at radius 3 is 2.94 bits per heavy atom. The summed E-state index contributed by atoms with van der Waals surface area (Å²) in [6.07, 6.45) is 3.52. The minimum absolute atomic E-state index is 0.00801. The van der Waals surface area contributed by atoms with E-state index in [4.69, 9.17) is 0 Å². The van der Waals surface area contributed by atoms with Crippen molar-refractivity contribution in [2.24, 2.45) is 0 Å². The maximum atomic E-state index is 11.7. The summed E-state index contributed by atoms with van der Waals surface area (Å²) in [7, 11) is 0. The molecule has 16 heavy (non-hydrogen) atoms. The Kier molecular flexibility index (Phi) is 3.19. The number of hydrogen-bond donors (Lipinski definition) is 0. The summed E-state index contributed by atoms with van der Waals surface area (Å²) < 4.78 is 2.57. The highest BCUT2D eigenvalue weighted by molar-refractivity contribution is 9.10. The summed E-state index contributed by atoms with van der Waals surface area (Å²) in [6, 6.07) is 7.29. The molecule has 0 atom stereocenters. The van der Waals surface area contributed by atoms with Gasteiger partial charge in [0.05, 0.1) is 12.2 Å². The van der Waals surface area contributed by atoms with Gasteiger partial charge in [-0.3, -0.25) is 9.78 Å². The van der Waals surface area contributed by atoms with Crippen molar-refractivity contribution >= 4 is 15.9 Å². The number of nitrogens with zero attached hydrogens (tertiary/aromatic N) is 2. The van der Waals surface area contributed by atoms with Crippen LogP contribution in [0.2, 0.25) is 0 Å². The quantitative estimate of drug-likeness (QED) is 0.845. The van der Waals surface area contributed by atoms with E-state index >= 15 is 0 Å². The Bertz CT molecular complexity index is 549. The molecule has 0 spiro atoms. The van der Waals surface area contributed by atoms with Crippen LogP contribution in [0.3, 0.4) is 0 Å². The van der Waals surface area contributed by atoms with E-state index in [1.54, 1.807) is 23.0 Å². The molecular weight excluding hydrogens is 268 g/mol. The van der Waals surface area contributed by atoms with Crippen molar-refractivity contribution in [3.63, 3.8) is 0 Å². The van der Waals surface area contributed by atoms with E-state index in [2.05, 4.69) is 20.9 Å². The number of pyridine rings is 2. The highest BCUT2D eigenvalue weighted by atomic mass is 79.9. The van der Waals surface area contributed by atoms with E-state index in [-0.39, 0.29) is 5.56 Å². The van der Waals surface area contributed by atoms with Crippen LogP contribution in [0.25, 0.3) is 0 Å². The molecule has 0 fully saturated rings. The second-order valence-electron chi connectivity index (χ2n) is 3.59. The number of aromatic nitrogens is 2. The van der Waals surface area contributed by atoms with Crippen molar-refractivity contribution in [3.05, 3.63) is 62.7 Å². The third kappa shape index (κ3) is 2.39. The third-order valence-electron chi connectivity index (χ3n) is 2.33. The van der Waals surface area contributed by atoms with Gasteiger partial charge in [0.25, 0.3) is 5.56 Å². The van der Waals surface area contributed by atoms with Crippen LogP contribution in [-0.2, 0) is 6.54 Å². The highest BCUT2D eigenvalue weighted by Gasteiger charge is 2.02. The van der Waals surface area contributed by atoms with E-state index in [9.17, 15) is 4.79 Å². The van der Waals surface area contributed by atoms with Gasteiger partial charge in [-0.15, -0.1) is 0 Å². The predicted octanol–water partition coefficient (Wildman–Crippen LogP) is 2.36. The Morgan fingerprint density at radius 2 is 2.25 bits per heavy atom. The molecule has 0 saturated carbocycles. The van der Waals surface area contributed by atoms with Gasteiger partial charge in [-0.25, -0.2) is 0 Å². The maximum absolute atomic E-state index is 11.7. The lowest BCUT2D eigenvalue weighted by atomic mass is 10.3. The smallest absolute Gasteiger partial charge is 0.251 e. The topological polar surface area (TPSA) is 34.9 Å². The molecule has 0 radical (unpaired) electrons. The maximum Gasteiger partial charge on any atom is 0.251 e. The fourth-order valence-electron chi connectivity index (χ4n) is 1.43. The molecule has 0 aliphatic rings. The summed E-state index contributed by atoms with van der Waals surface area (Å²) in [5.74, 6) is 0. The van der Waals surface area contributed by atoms with Gasteiger partial charge in [0.2, 0.25) is 0 Å². The molecule has 0 aromatic carbocycles. The zero-order chi connectivity index (χ0) is 11.5. The van der Waals surface area contributed by atoms with Crippen molar-refractivity contribution in [1.29, 1.82) is 0 Å². The molecule has 2 aromatic heterocycles.